The molecule has 1 unspecified atom stereocenters. The zero-order chi connectivity index (χ0) is 15.3. The van der Waals surface area contributed by atoms with Gasteiger partial charge in [-0.15, -0.1) is 0 Å². The van der Waals surface area contributed by atoms with Crippen molar-refractivity contribution in [1.29, 1.82) is 0 Å². The lowest BCUT2D eigenvalue weighted by Crippen LogP contribution is -2.35. The van der Waals surface area contributed by atoms with E-state index < -0.39 is 0 Å². The number of aliphatic imine (C=N–C) groups is 1. The third-order valence-electron chi connectivity index (χ3n) is 4.89. The summed E-state index contributed by atoms with van der Waals surface area (Å²) in [5.41, 5.74) is 6.96. The second-order valence-corrected chi connectivity index (χ2v) is 6.07. The summed E-state index contributed by atoms with van der Waals surface area (Å²) in [7, 11) is 0. The minimum atomic E-state index is -0.272. The van der Waals surface area contributed by atoms with Crippen LogP contribution >= 0.6 is 0 Å². The average Bonchev–Trinajstić information content (AvgIpc) is 2.98. The van der Waals surface area contributed by atoms with Crippen LogP contribution in [0.1, 0.15) is 22.3 Å². The van der Waals surface area contributed by atoms with Crippen molar-refractivity contribution in [3.8, 4) is 0 Å². The van der Waals surface area contributed by atoms with E-state index in [2.05, 4.69) is 91.0 Å². The van der Waals surface area contributed by atoms with E-state index in [1.54, 1.807) is 0 Å². The second-order valence-electron chi connectivity index (χ2n) is 6.07. The molecule has 1 heterocycles. The maximum absolute atomic E-state index is 5.03. The van der Waals surface area contributed by atoms with E-state index in [1.165, 1.54) is 22.3 Å². The van der Waals surface area contributed by atoms with Crippen LogP contribution in [-0.4, -0.2) is 5.71 Å². The third kappa shape index (κ3) is 1.59. The predicted molar refractivity (Wildman–Crippen MR) is 95.3 cm³/mol. The van der Waals surface area contributed by atoms with Crippen LogP contribution in [0.5, 0.6) is 0 Å². The Bertz CT molecular complexity index is 966. The molecule has 0 N–H and O–H groups in total. The quantitative estimate of drug-likeness (QED) is 0.589. The van der Waals surface area contributed by atoms with E-state index in [0.29, 0.717) is 0 Å². The number of rotatable bonds is 1. The van der Waals surface area contributed by atoms with Crippen molar-refractivity contribution in [3.63, 3.8) is 0 Å². The molecule has 0 fully saturated rings. The monoisotopic (exact) mass is 293 g/mol. The highest BCUT2D eigenvalue weighted by molar-refractivity contribution is 6.19. The summed E-state index contributed by atoms with van der Waals surface area (Å²) in [5, 5.41) is 0. The maximum Gasteiger partial charge on any atom is 0.0835 e. The number of hydrogen-bond donors (Lipinski definition) is 0. The Labute approximate surface area is 135 Å². The molecule has 1 atom stereocenters. The summed E-state index contributed by atoms with van der Waals surface area (Å²) >= 11 is 0. The second kappa shape index (κ2) is 4.53. The summed E-state index contributed by atoms with van der Waals surface area (Å²) in [6.45, 7) is 0. The van der Waals surface area contributed by atoms with Crippen molar-refractivity contribution < 1.29 is 0 Å². The fourth-order valence-electron chi connectivity index (χ4n) is 3.84. The van der Waals surface area contributed by atoms with Gasteiger partial charge in [0, 0.05) is 5.56 Å². The van der Waals surface area contributed by atoms with Gasteiger partial charge in [-0.2, -0.15) is 0 Å². The molecule has 1 aliphatic heterocycles. The zero-order valence-corrected chi connectivity index (χ0v) is 12.6. The first-order valence-electron chi connectivity index (χ1n) is 7.92. The SMILES string of the molecule is C1=CC2(c3ccccc3)C(=Nc3ccccc32)c2ccccc21. The first-order valence-corrected chi connectivity index (χ1v) is 7.92. The predicted octanol–water partition coefficient (Wildman–Crippen LogP) is 5.13. The van der Waals surface area contributed by atoms with Crippen molar-refractivity contribution in [2.45, 2.75) is 5.41 Å². The average molecular weight is 293 g/mol. The first-order chi connectivity index (χ1) is 11.4. The lowest BCUT2D eigenvalue weighted by Gasteiger charge is -2.33. The molecule has 3 aromatic carbocycles. The Kier molecular flexibility index (Phi) is 2.48. The molecule has 23 heavy (non-hydrogen) atoms. The highest BCUT2D eigenvalue weighted by atomic mass is 14.8. The van der Waals surface area contributed by atoms with E-state index in [1.807, 2.05) is 0 Å². The molecular formula is C22H15N. The van der Waals surface area contributed by atoms with Gasteiger partial charge in [0.2, 0.25) is 0 Å². The molecule has 3 aromatic rings. The van der Waals surface area contributed by atoms with Gasteiger partial charge in [-0.25, -0.2) is 0 Å². The molecule has 1 aliphatic carbocycles. The van der Waals surface area contributed by atoms with Gasteiger partial charge < -0.3 is 0 Å². The van der Waals surface area contributed by atoms with Crippen LogP contribution in [0.3, 0.4) is 0 Å². The van der Waals surface area contributed by atoms with Gasteiger partial charge >= 0.3 is 0 Å². The summed E-state index contributed by atoms with van der Waals surface area (Å²) in [6.07, 6.45) is 4.55. The van der Waals surface area contributed by atoms with Crippen molar-refractivity contribution in [2.24, 2.45) is 4.99 Å². The molecule has 1 nitrogen and oxygen atoms in total. The molecule has 0 saturated heterocycles. The molecule has 1 heteroatoms. The third-order valence-corrected chi connectivity index (χ3v) is 4.89. The minimum absolute atomic E-state index is 0.272. The van der Waals surface area contributed by atoms with Crippen LogP contribution in [0.4, 0.5) is 5.69 Å². The molecule has 0 bridgehead atoms. The lowest BCUT2D eigenvalue weighted by molar-refractivity contribution is 0.892. The number of hydrogen-bond acceptors (Lipinski definition) is 1. The van der Waals surface area contributed by atoms with E-state index in [-0.39, 0.29) is 5.41 Å². The highest BCUT2D eigenvalue weighted by Gasteiger charge is 2.45. The molecule has 5 rings (SSSR count). The Morgan fingerprint density at radius 1 is 0.696 bits per heavy atom. The van der Waals surface area contributed by atoms with E-state index in [9.17, 15) is 0 Å². The number of nitrogens with zero attached hydrogens (tertiary/aromatic N) is 1. The fraction of sp³-hybridized carbons (Fsp3) is 0.0455. The Balaban J connectivity index is 1.89. The van der Waals surface area contributed by atoms with Crippen LogP contribution in [0.25, 0.3) is 6.08 Å². The molecule has 0 spiro atoms. The number of fused-ring (bicyclic) bond motifs is 5. The number of para-hydroxylation sites is 1. The largest absolute Gasteiger partial charge is 0.251 e. The molecule has 0 saturated carbocycles. The Morgan fingerprint density at radius 3 is 2.35 bits per heavy atom. The molecule has 0 amide bonds. The number of allylic oxidation sites excluding steroid dienone is 1. The highest BCUT2D eigenvalue weighted by Crippen LogP contribution is 2.50. The summed E-state index contributed by atoms with van der Waals surface area (Å²) in [4.78, 5) is 5.03. The van der Waals surface area contributed by atoms with Crippen LogP contribution < -0.4 is 0 Å². The van der Waals surface area contributed by atoms with Crippen LogP contribution in [0.2, 0.25) is 0 Å². The van der Waals surface area contributed by atoms with Crippen LogP contribution in [0, 0.1) is 0 Å². The first kappa shape index (κ1) is 12.6. The van der Waals surface area contributed by atoms with Crippen molar-refractivity contribution in [1.82, 2.24) is 0 Å². The zero-order valence-electron chi connectivity index (χ0n) is 12.6. The van der Waals surface area contributed by atoms with Gasteiger partial charge in [-0.3, -0.25) is 4.99 Å². The van der Waals surface area contributed by atoms with Crippen molar-refractivity contribution >= 4 is 17.5 Å². The van der Waals surface area contributed by atoms with E-state index in [4.69, 9.17) is 4.99 Å². The molecular weight excluding hydrogens is 278 g/mol. The standard InChI is InChI=1S/C22H15N/c1-2-9-17(10-3-1)22-15-14-16-8-4-5-11-18(16)21(22)23-20-13-7-6-12-19(20)22/h1-15H. The van der Waals surface area contributed by atoms with Gasteiger partial charge in [0.1, 0.15) is 0 Å². The van der Waals surface area contributed by atoms with E-state index in [0.717, 1.165) is 11.4 Å². The van der Waals surface area contributed by atoms with Gasteiger partial charge in [0.25, 0.3) is 0 Å². The van der Waals surface area contributed by atoms with Crippen LogP contribution in [0.15, 0.2) is 89.9 Å². The maximum atomic E-state index is 5.03. The normalized spacial score (nSPS) is 20.4. The van der Waals surface area contributed by atoms with Gasteiger partial charge in [0.05, 0.1) is 16.8 Å². The Hall–Kier alpha value is -2.93. The van der Waals surface area contributed by atoms with E-state index >= 15 is 0 Å². The smallest absolute Gasteiger partial charge is 0.0835 e. The molecule has 0 radical (unpaired) electrons. The van der Waals surface area contributed by atoms with Crippen molar-refractivity contribution in [3.05, 3.63) is 107 Å². The fourth-order valence-corrected chi connectivity index (χ4v) is 3.84. The topological polar surface area (TPSA) is 12.4 Å². The summed E-state index contributed by atoms with van der Waals surface area (Å²) in [6, 6.07) is 27.7. The summed E-state index contributed by atoms with van der Waals surface area (Å²) in [5.74, 6) is 0. The van der Waals surface area contributed by atoms with Crippen LogP contribution in [-0.2, 0) is 5.41 Å². The van der Waals surface area contributed by atoms with Gasteiger partial charge in [-0.05, 0) is 22.8 Å². The molecule has 108 valence electrons. The van der Waals surface area contributed by atoms with Gasteiger partial charge in [0.15, 0.2) is 0 Å². The molecule has 0 aromatic heterocycles. The van der Waals surface area contributed by atoms with Crippen molar-refractivity contribution in [2.75, 3.05) is 0 Å². The minimum Gasteiger partial charge on any atom is -0.251 e. The summed E-state index contributed by atoms with van der Waals surface area (Å²) < 4.78 is 0. The lowest BCUT2D eigenvalue weighted by atomic mass is 9.67. The number of benzene rings is 3. The molecule has 2 aliphatic rings. The van der Waals surface area contributed by atoms with Gasteiger partial charge in [-0.1, -0.05) is 84.9 Å². The Morgan fingerprint density at radius 2 is 1.43 bits per heavy atom.